The van der Waals surface area contributed by atoms with E-state index in [1.165, 1.54) is 0 Å². The predicted molar refractivity (Wildman–Crippen MR) is 82.0 cm³/mol. The predicted octanol–water partition coefficient (Wildman–Crippen LogP) is 0.849. The molecule has 0 aromatic heterocycles. The van der Waals surface area contributed by atoms with Gasteiger partial charge in [0.2, 0.25) is 11.8 Å². The van der Waals surface area contributed by atoms with E-state index in [0.717, 1.165) is 24.3 Å². The van der Waals surface area contributed by atoms with Crippen LogP contribution in [0.3, 0.4) is 0 Å². The topological polar surface area (TPSA) is 106 Å². The highest BCUT2D eigenvalue weighted by Gasteiger charge is 2.36. The minimum atomic E-state index is -0.733. The van der Waals surface area contributed by atoms with Crippen LogP contribution in [0.1, 0.15) is 46.5 Å². The highest BCUT2D eigenvalue weighted by Crippen LogP contribution is 2.18. The van der Waals surface area contributed by atoms with Crippen LogP contribution in [0.5, 0.6) is 0 Å². The molecule has 0 spiro atoms. The zero-order valence-corrected chi connectivity index (χ0v) is 14.3. The molecule has 24 heavy (non-hydrogen) atoms. The van der Waals surface area contributed by atoms with Crippen molar-refractivity contribution in [2.75, 3.05) is 13.2 Å². The Bertz CT molecular complexity index is 484. The molecule has 2 aliphatic rings. The van der Waals surface area contributed by atoms with Gasteiger partial charge in [-0.05, 0) is 33.6 Å². The first kappa shape index (κ1) is 18.5. The van der Waals surface area contributed by atoms with E-state index in [9.17, 15) is 14.4 Å². The van der Waals surface area contributed by atoms with Gasteiger partial charge in [0.15, 0.2) is 6.29 Å². The van der Waals surface area contributed by atoms with Gasteiger partial charge < -0.3 is 9.47 Å². The Morgan fingerprint density at radius 3 is 2.67 bits per heavy atom. The molecule has 2 heterocycles. The molecule has 2 fully saturated rings. The third-order valence-corrected chi connectivity index (χ3v) is 3.55. The summed E-state index contributed by atoms with van der Waals surface area (Å²) in [6.45, 7) is 5.84. The summed E-state index contributed by atoms with van der Waals surface area (Å²) in [5.74, 6) is -1.36. The molecule has 2 rings (SSSR count). The van der Waals surface area contributed by atoms with Crippen LogP contribution in [0.25, 0.3) is 0 Å². The van der Waals surface area contributed by atoms with Crippen LogP contribution in [0.2, 0.25) is 0 Å². The van der Waals surface area contributed by atoms with Crippen LogP contribution in [0, 0.1) is 5.92 Å². The first-order valence-corrected chi connectivity index (χ1v) is 8.12. The van der Waals surface area contributed by atoms with Gasteiger partial charge in [0.1, 0.15) is 5.60 Å². The summed E-state index contributed by atoms with van der Waals surface area (Å²) < 4.78 is 10.4. The molecule has 0 radical (unpaired) electrons. The molecular weight excluding hydrogens is 318 g/mol. The molecule has 0 unspecified atom stereocenters. The van der Waals surface area contributed by atoms with Crippen LogP contribution < -0.4 is 10.9 Å². The Hall–Kier alpha value is -1.87. The molecule has 0 aromatic rings. The van der Waals surface area contributed by atoms with Crippen molar-refractivity contribution in [3.8, 4) is 0 Å². The molecule has 2 atom stereocenters. The summed E-state index contributed by atoms with van der Waals surface area (Å²) in [4.78, 5) is 40.9. The average Bonchev–Trinajstić information content (AvgIpc) is 2.85. The maximum absolute atomic E-state index is 12.1. The summed E-state index contributed by atoms with van der Waals surface area (Å²) in [7, 11) is 0. The molecule has 9 nitrogen and oxygen atoms in total. The number of hydroxylamine groups is 1. The quantitative estimate of drug-likeness (QED) is 0.733. The van der Waals surface area contributed by atoms with E-state index >= 15 is 0 Å². The van der Waals surface area contributed by atoms with Crippen LogP contribution in [0.15, 0.2) is 0 Å². The Kier molecular flexibility index (Phi) is 6.00. The SMILES string of the molecule is CC(C)(C)OC(=O)NN1C[C@H](C(=O)NO[C@@H]2CCCCO2)CC1=O. The lowest BCUT2D eigenvalue weighted by atomic mass is 10.1. The van der Waals surface area contributed by atoms with Gasteiger partial charge >= 0.3 is 6.09 Å². The maximum Gasteiger partial charge on any atom is 0.426 e. The fourth-order valence-corrected chi connectivity index (χ4v) is 2.41. The van der Waals surface area contributed by atoms with Crippen LogP contribution in [-0.4, -0.2) is 48.0 Å². The molecule has 3 amide bonds. The first-order valence-electron chi connectivity index (χ1n) is 8.12. The third-order valence-electron chi connectivity index (χ3n) is 3.55. The molecule has 136 valence electrons. The van der Waals surface area contributed by atoms with Gasteiger partial charge in [-0.15, -0.1) is 0 Å². The van der Waals surface area contributed by atoms with Crippen LogP contribution in [-0.2, 0) is 23.9 Å². The lowest BCUT2D eigenvalue weighted by Crippen LogP contribution is -2.46. The highest BCUT2D eigenvalue weighted by atomic mass is 16.8. The van der Waals surface area contributed by atoms with Gasteiger partial charge in [-0.2, -0.15) is 0 Å². The van der Waals surface area contributed by atoms with Gasteiger partial charge in [-0.25, -0.2) is 20.5 Å². The van der Waals surface area contributed by atoms with Gasteiger partial charge in [0, 0.05) is 19.4 Å². The molecular formula is C15H25N3O6. The number of nitrogens with one attached hydrogen (secondary N) is 2. The zero-order valence-electron chi connectivity index (χ0n) is 14.3. The van der Waals surface area contributed by atoms with Crippen molar-refractivity contribution in [1.29, 1.82) is 0 Å². The lowest BCUT2D eigenvalue weighted by molar-refractivity contribution is -0.202. The Morgan fingerprint density at radius 2 is 2.04 bits per heavy atom. The van der Waals surface area contributed by atoms with Crippen LogP contribution in [0.4, 0.5) is 4.79 Å². The van der Waals surface area contributed by atoms with Gasteiger partial charge in [-0.3, -0.25) is 14.6 Å². The van der Waals surface area contributed by atoms with E-state index in [1.54, 1.807) is 20.8 Å². The van der Waals surface area contributed by atoms with E-state index in [-0.39, 0.29) is 18.9 Å². The second kappa shape index (κ2) is 7.80. The highest BCUT2D eigenvalue weighted by molar-refractivity contribution is 5.89. The number of rotatable bonds is 4. The molecule has 9 heteroatoms. The summed E-state index contributed by atoms with van der Waals surface area (Å²) in [6, 6.07) is 0. The van der Waals surface area contributed by atoms with Crippen molar-refractivity contribution < 1.29 is 28.7 Å². The number of hydrazine groups is 1. The Labute approximate surface area is 140 Å². The van der Waals surface area contributed by atoms with Crippen molar-refractivity contribution in [3.63, 3.8) is 0 Å². The van der Waals surface area contributed by atoms with Crippen molar-refractivity contribution >= 4 is 17.9 Å². The van der Waals surface area contributed by atoms with Crippen molar-refractivity contribution in [2.45, 2.75) is 58.3 Å². The van der Waals surface area contributed by atoms with Gasteiger partial charge in [-0.1, -0.05) is 0 Å². The standard InChI is InChI=1S/C15H25N3O6/c1-15(2,3)23-14(21)16-18-9-10(8-11(18)19)13(20)17-24-12-6-4-5-7-22-12/h10,12H,4-9H2,1-3H3,(H,16,21)(H,17,20)/t10-,12-/m1/s1. The van der Waals surface area contributed by atoms with Crippen molar-refractivity contribution in [3.05, 3.63) is 0 Å². The number of carbonyl (C=O) groups excluding carboxylic acids is 3. The maximum atomic E-state index is 12.1. The number of hydrogen-bond acceptors (Lipinski definition) is 6. The summed E-state index contributed by atoms with van der Waals surface area (Å²) >= 11 is 0. The van der Waals surface area contributed by atoms with E-state index in [0.29, 0.717) is 6.61 Å². The second-order valence-corrected chi connectivity index (χ2v) is 6.90. The number of ether oxygens (including phenoxy) is 2. The first-order chi connectivity index (χ1) is 11.2. The molecule has 2 N–H and O–H groups in total. The van der Waals surface area contributed by atoms with Crippen molar-refractivity contribution in [1.82, 2.24) is 15.9 Å². The Morgan fingerprint density at radius 1 is 1.29 bits per heavy atom. The van der Waals surface area contributed by atoms with Gasteiger partial charge in [0.25, 0.3) is 0 Å². The molecule has 0 aromatic carbocycles. The largest absolute Gasteiger partial charge is 0.443 e. The molecule has 0 bridgehead atoms. The van der Waals surface area contributed by atoms with E-state index in [1.807, 2.05) is 0 Å². The van der Waals surface area contributed by atoms with Gasteiger partial charge in [0.05, 0.1) is 12.5 Å². The molecule has 2 aliphatic heterocycles. The second-order valence-electron chi connectivity index (χ2n) is 6.90. The smallest absolute Gasteiger partial charge is 0.426 e. The van der Waals surface area contributed by atoms with E-state index in [4.69, 9.17) is 14.3 Å². The average molecular weight is 343 g/mol. The summed E-state index contributed by atoms with van der Waals surface area (Å²) in [5.41, 5.74) is 4.02. The number of amides is 3. The zero-order chi connectivity index (χ0) is 17.7. The van der Waals surface area contributed by atoms with Crippen LogP contribution >= 0.6 is 0 Å². The molecule has 0 saturated carbocycles. The summed E-state index contributed by atoms with van der Waals surface area (Å²) in [6.07, 6.45) is 1.50. The molecule has 0 aliphatic carbocycles. The monoisotopic (exact) mass is 343 g/mol. The molecule has 2 saturated heterocycles. The number of carbonyl (C=O) groups is 3. The van der Waals surface area contributed by atoms with E-state index in [2.05, 4.69) is 10.9 Å². The minimum Gasteiger partial charge on any atom is -0.443 e. The number of nitrogens with zero attached hydrogens (tertiary/aromatic N) is 1. The lowest BCUT2D eigenvalue weighted by Gasteiger charge is -2.24. The number of hydrogen-bond donors (Lipinski definition) is 2. The van der Waals surface area contributed by atoms with Crippen molar-refractivity contribution in [2.24, 2.45) is 5.92 Å². The fraction of sp³-hybridized carbons (Fsp3) is 0.800. The Balaban J connectivity index is 1.76. The fourth-order valence-electron chi connectivity index (χ4n) is 2.41. The minimum absolute atomic E-state index is 0.00346. The third kappa shape index (κ3) is 5.64. The van der Waals surface area contributed by atoms with E-state index < -0.39 is 29.8 Å². The summed E-state index contributed by atoms with van der Waals surface area (Å²) in [5, 5.41) is 1.09. The normalized spacial score (nSPS) is 24.6.